The molecule has 1 aliphatic rings. The van der Waals surface area contributed by atoms with Crippen LogP contribution in [-0.2, 0) is 16.4 Å². The third-order valence-electron chi connectivity index (χ3n) is 4.54. The third kappa shape index (κ3) is 5.28. The first-order valence-corrected chi connectivity index (χ1v) is 11.3. The van der Waals surface area contributed by atoms with E-state index in [0.717, 1.165) is 30.8 Å². The van der Waals surface area contributed by atoms with Crippen LogP contribution in [0.4, 0.5) is 0 Å². The van der Waals surface area contributed by atoms with Crippen LogP contribution in [0, 0.1) is 0 Å². The molecule has 0 amide bonds. The van der Waals surface area contributed by atoms with Crippen molar-refractivity contribution in [2.45, 2.75) is 35.9 Å². The lowest BCUT2D eigenvalue weighted by molar-refractivity contribution is 0.163. The number of hydrogen-bond donors (Lipinski definition) is 1. The van der Waals surface area contributed by atoms with Crippen molar-refractivity contribution < 1.29 is 8.42 Å². The molecule has 3 rings (SSSR count). The molecule has 0 spiro atoms. The highest BCUT2D eigenvalue weighted by atomic mass is 35.5. The quantitative estimate of drug-likeness (QED) is 0.772. The minimum absolute atomic E-state index is 0.160. The van der Waals surface area contributed by atoms with Crippen molar-refractivity contribution in [1.82, 2.24) is 9.62 Å². The van der Waals surface area contributed by atoms with Crippen molar-refractivity contribution in [2.75, 3.05) is 19.6 Å². The lowest BCUT2D eigenvalue weighted by Crippen LogP contribution is -2.47. The summed E-state index contributed by atoms with van der Waals surface area (Å²) in [4.78, 5) is 2.42. The SMILES string of the molecule is O=S(=O)(NCC(Cc1ccccc1)N1CCCCC1)c1ccc(Cl)s1. The van der Waals surface area contributed by atoms with E-state index < -0.39 is 10.0 Å². The highest BCUT2D eigenvalue weighted by Gasteiger charge is 2.24. The number of nitrogens with zero attached hydrogens (tertiary/aromatic N) is 1. The topological polar surface area (TPSA) is 49.4 Å². The number of piperidine rings is 1. The molecule has 0 radical (unpaired) electrons. The van der Waals surface area contributed by atoms with Gasteiger partial charge in [-0.2, -0.15) is 0 Å². The zero-order valence-electron chi connectivity index (χ0n) is 14.0. The van der Waals surface area contributed by atoms with E-state index >= 15 is 0 Å². The van der Waals surface area contributed by atoms with Crippen LogP contribution in [0.3, 0.4) is 0 Å². The van der Waals surface area contributed by atoms with Gasteiger partial charge in [-0.05, 0) is 50.0 Å². The Hall–Kier alpha value is -0.920. The Bertz CT molecular complexity index is 771. The van der Waals surface area contributed by atoms with Gasteiger partial charge >= 0.3 is 0 Å². The molecule has 1 saturated heterocycles. The Morgan fingerprint density at radius 1 is 1.08 bits per heavy atom. The molecular formula is C18H23ClN2O2S2. The number of halogens is 1. The zero-order valence-corrected chi connectivity index (χ0v) is 16.4. The third-order valence-corrected chi connectivity index (χ3v) is 7.69. The molecule has 2 heterocycles. The van der Waals surface area contributed by atoms with Gasteiger partial charge in [0.05, 0.1) is 4.34 Å². The van der Waals surface area contributed by atoms with Crippen molar-refractivity contribution in [1.29, 1.82) is 0 Å². The monoisotopic (exact) mass is 398 g/mol. The Kier molecular flexibility index (Phi) is 6.52. The summed E-state index contributed by atoms with van der Waals surface area (Å²) >= 11 is 6.96. The summed E-state index contributed by atoms with van der Waals surface area (Å²) in [7, 11) is -3.51. The first kappa shape index (κ1) is 18.9. The number of nitrogens with one attached hydrogen (secondary N) is 1. The molecule has 1 aliphatic heterocycles. The molecule has 136 valence electrons. The standard InChI is InChI=1S/C18H23ClN2O2S2/c19-17-9-10-18(24-17)25(22,23)20-14-16(21-11-5-2-6-12-21)13-15-7-3-1-4-8-15/h1,3-4,7-10,16,20H,2,5-6,11-14H2. The summed E-state index contributed by atoms with van der Waals surface area (Å²) in [5.41, 5.74) is 1.23. The van der Waals surface area contributed by atoms with Gasteiger partial charge in [0.15, 0.2) is 0 Å². The lowest BCUT2D eigenvalue weighted by Gasteiger charge is -2.34. The van der Waals surface area contributed by atoms with Crippen molar-refractivity contribution in [3.63, 3.8) is 0 Å². The minimum Gasteiger partial charge on any atom is -0.299 e. The van der Waals surface area contributed by atoms with Crippen LogP contribution in [0.15, 0.2) is 46.7 Å². The van der Waals surface area contributed by atoms with Crippen LogP contribution >= 0.6 is 22.9 Å². The molecular weight excluding hydrogens is 376 g/mol. The van der Waals surface area contributed by atoms with Crippen LogP contribution in [0.1, 0.15) is 24.8 Å². The van der Waals surface area contributed by atoms with Crippen LogP contribution in [0.25, 0.3) is 0 Å². The maximum atomic E-state index is 12.5. The molecule has 0 bridgehead atoms. The molecule has 1 atom stereocenters. The van der Waals surface area contributed by atoms with Crippen molar-refractivity contribution in [3.8, 4) is 0 Å². The second-order valence-electron chi connectivity index (χ2n) is 6.35. The van der Waals surface area contributed by atoms with Gasteiger partial charge in [0.1, 0.15) is 4.21 Å². The summed E-state index contributed by atoms with van der Waals surface area (Å²) < 4.78 is 28.6. The predicted octanol–water partition coefficient (Wildman–Crippen LogP) is 3.78. The van der Waals surface area contributed by atoms with E-state index in [1.165, 1.54) is 24.8 Å². The maximum Gasteiger partial charge on any atom is 0.250 e. The normalized spacial score (nSPS) is 17.5. The predicted molar refractivity (Wildman–Crippen MR) is 104 cm³/mol. The second kappa shape index (κ2) is 8.64. The number of rotatable bonds is 7. The molecule has 1 unspecified atom stereocenters. The summed E-state index contributed by atoms with van der Waals surface area (Å²) in [5, 5.41) is 0. The van der Waals surface area contributed by atoms with E-state index in [1.54, 1.807) is 12.1 Å². The summed E-state index contributed by atoms with van der Waals surface area (Å²) in [6.07, 6.45) is 4.46. The molecule has 1 N–H and O–H groups in total. The molecule has 0 saturated carbocycles. The highest BCUT2D eigenvalue weighted by molar-refractivity contribution is 7.91. The van der Waals surface area contributed by atoms with Crippen molar-refractivity contribution in [3.05, 3.63) is 52.4 Å². The van der Waals surface area contributed by atoms with Crippen molar-refractivity contribution in [2.24, 2.45) is 0 Å². The fourth-order valence-corrected chi connectivity index (χ4v) is 5.82. The van der Waals surface area contributed by atoms with E-state index in [9.17, 15) is 8.42 Å². The van der Waals surface area contributed by atoms with Crippen LogP contribution < -0.4 is 4.72 Å². The van der Waals surface area contributed by atoms with Gasteiger partial charge in [-0.15, -0.1) is 11.3 Å². The summed E-state index contributed by atoms with van der Waals surface area (Å²) in [6, 6.07) is 13.6. The molecule has 1 aromatic carbocycles. The van der Waals surface area contributed by atoms with Gasteiger partial charge in [0.2, 0.25) is 10.0 Å². The van der Waals surface area contributed by atoms with E-state index in [1.807, 2.05) is 18.2 Å². The largest absolute Gasteiger partial charge is 0.299 e. The average molecular weight is 399 g/mol. The van der Waals surface area contributed by atoms with E-state index in [2.05, 4.69) is 21.8 Å². The Balaban J connectivity index is 1.70. The number of sulfonamides is 1. The molecule has 1 aromatic heterocycles. The van der Waals surface area contributed by atoms with Gasteiger partial charge in [0.25, 0.3) is 0 Å². The summed E-state index contributed by atoms with van der Waals surface area (Å²) in [5.74, 6) is 0. The molecule has 7 heteroatoms. The van der Waals surface area contributed by atoms with E-state index in [-0.39, 0.29) is 10.3 Å². The first-order chi connectivity index (χ1) is 12.0. The van der Waals surface area contributed by atoms with Gasteiger partial charge in [0, 0.05) is 12.6 Å². The summed E-state index contributed by atoms with van der Waals surface area (Å²) in [6.45, 7) is 2.47. The lowest BCUT2D eigenvalue weighted by atomic mass is 10.0. The van der Waals surface area contributed by atoms with Crippen molar-refractivity contribution >= 4 is 33.0 Å². The fraction of sp³-hybridized carbons (Fsp3) is 0.444. The van der Waals surface area contributed by atoms with Gasteiger partial charge in [-0.3, -0.25) is 4.90 Å². The molecule has 25 heavy (non-hydrogen) atoms. The Morgan fingerprint density at radius 3 is 2.44 bits per heavy atom. The van der Waals surface area contributed by atoms with Crippen LogP contribution in [0.5, 0.6) is 0 Å². The Morgan fingerprint density at radius 2 is 1.80 bits per heavy atom. The Labute approximate surface area is 158 Å². The van der Waals surface area contributed by atoms with E-state index in [4.69, 9.17) is 11.6 Å². The van der Waals surface area contributed by atoms with Gasteiger partial charge in [-0.1, -0.05) is 48.4 Å². The van der Waals surface area contributed by atoms with Crippen LogP contribution in [0.2, 0.25) is 4.34 Å². The molecule has 2 aromatic rings. The molecule has 4 nitrogen and oxygen atoms in total. The molecule has 0 aliphatic carbocycles. The zero-order chi connectivity index (χ0) is 17.7. The number of benzene rings is 1. The number of thiophene rings is 1. The van der Waals surface area contributed by atoms with E-state index in [0.29, 0.717) is 10.9 Å². The van der Waals surface area contributed by atoms with Gasteiger partial charge in [-0.25, -0.2) is 13.1 Å². The maximum absolute atomic E-state index is 12.5. The highest BCUT2D eigenvalue weighted by Crippen LogP contribution is 2.25. The average Bonchev–Trinajstić information content (AvgIpc) is 3.08. The fourth-order valence-electron chi connectivity index (χ4n) is 3.22. The van der Waals surface area contributed by atoms with Gasteiger partial charge < -0.3 is 0 Å². The smallest absolute Gasteiger partial charge is 0.250 e. The second-order valence-corrected chi connectivity index (χ2v) is 10.1. The van der Waals surface area contributed by atoms with Crippen LogP contribution in [-0.4, -0.2) is 39.0 Å². The molecule has 1 fully saturated rings. The minimum atomic E-state index is -3.51. The number of hydrogen-bond acceptors (Lipinski definition) is 4. The first-order valence-electron chi connectivity index (χ1n) is 8.57. The number of likely N-dealkylation sites (tertiary alicyclic amines) is 1.